The highest BCUT2D eigenvalue weighted by atomic mass is 35.5. The van der Waals surface area contributed by atoms with Gasteiger partial charge in [0.25, 0.3) is 0 Å². The van der Waals surface area contributed by atoms with E-state index in [4.69, 9.17) is 27.9 Å². The third-order valence-corrected chi connectivity index (χ3v) is 4.86. The van der Waals surface area contributed by atoms with Crippen LogP contribution in [0, 0.1) is 0 Å². The zero-order chi connectivity index (χ0) is 18.7. The summed E-state index contributed by atoms with van der Waals surface area (Å²) in [7, 11) is 1.59. The van der Waals surface area contributed by atoms with Crippen LogP contribution in [0.25, 0.3) is 0 Å². The Labute approximate surface area is 161 Å². The molecule has 8 heteroatoms. The number of amides is 3. The Bertz CT molecular complexity index is 827. The Kier molecular flexibility index (Phi) is 5.54. The largest absolute Gasteiger partial charge is 0.497 e. The summed E-state index contributed by atoms with van der Waals surface area (Å²) < 4.78 is 5.12. The lowest BCUT2D eigenvalue weighted by molar-refractivity contribution is -0.116. The van der Waals surface area contributed by atoms with E-state index in [1.165, 1.54) is 4.90 Å². The van der Waals surface area contributed by atoms with Gasteiger partial charge < -0.3 is 15.0 Å². The Morgan fingerprint density at radius 2 is 1.88 bits per heavy atom. The van der Waals surface area contributed by atoms with Gasteiger partial charge in [0.15, 0.2) is 0 Å². The van der Waals surface area contributed by atoms with E-state index in [-0.39, 0.29) is 23.5 Å². The van der Waals surface area contributed by atoms with E-state index in [0.717, 1.165) is 11.4 Å². The summed E-state index contributed by atoms with van der Waals surface area (Å²) in [6, 6.07) is 12.0. The summed E-state index contributed by atoms with van der Waals surface area (Å²) in [6.45, 7) is 0.909. The van der Waals surface area contributed by atoms with E-state index in [0.29, 0.717) is 23.8 Å². The molecular formula is C18H17Cl2N3O3. The molecular weight excluding hydrogens is 377 g/mol. The van der Waals surface area contributed by atoms with Crippen LogP contribution in [0.15, 0.2) is 42.5 Å². The third-order valence-electron chi connectivity index (χ3n) is 4.04. The number of hydrogen-bond donors (Lipinski definition) is 1. The highest BCUT2D eigenvalue weighted by Gasteiger charge is 2.30. The molecule has 136 valence electrons. The van der Waals surface area contributed by atoms with Crippen LogP contribution in [0.5, 0.6) is 5.75 Å². The molecule has 1 saturated heterocycles. The van der Waals surface area contributed by atoms with Gasteiger partial charge in [0, 0.05) is 18.8 Å². The Morgan fingerprint density at radius 1 is 1.15 bits per heavy atom. The maximum Gasteiger partial charge on any atom is 0.325 e. The molecule has 1 N–H and O–H groups in total. The van der Waals surface area contributed by atoms with Crippen molar-refractivity contribution in [1.29, 1.82) is 0 Å². The van der Waals surface area contributed by atoms with Crippen molar-refractivity contribution < 1.29 is 14.3 Å². The molecule has 6 nitrogen and oxygen atoms in total. The molecule has 0 spiro atoms. The first-order valence-electron chi connectivity index (χ1n) is 7.94. The van der Waals surface area contributed by atoms with Gasteiger partial charge in [-0.05, 0) is 36.4 Å². The van der Waals surface area contributed by atoms with Crippen LogP contribution in [0.2, 0.25) is 10.0 Å². The van der Waals surface area contributed by atoms with Crippen molar-refractivity contribution in [3.63, 3.8) is 0 Å². The fourth-order valence-electron chi connectivity index (χ4n) is 2.69. The molecule has 0 bridgehead atoms. The Balaban J connectivity index is 1.63. The van der Waals surface area contributed by atoms with Crippen LogP contribution >= 0.6 is 23.2 Å². The topological polar surface area (TPSA) is 61.9 Å². The summed E-state index contributed by atoms with van der Waals surface area (Å²) in [5.41, 5.74) is 1.18. The molecule has 1 heterocycles. The van der Waals surface area contributed by atoms with Crippen molar-refractivity contribution >= 4 is 46.5 Å². The monoisotopic (exact) mass is 393 g/mol. The molecule has 0 aromatic heterocycles. The number of hydrogen-bond acceptors (Lipinski definition) is 3. The number of benzene rings is 2. The molecule has 2 aromatic rings. The standard InChI is InChI=1S/C18H17Cl2N3O3/c1-26-13-7-5-12(6-8-13)23-10-9-22(18(23)25)11-16(24)21-15-4-2-3-14(19)17(15)20/h2-8H,9-11H2,1H3,(H,21,24). The van der Waals surface area contributed by atoms with Crippen LogP contribution in [0.3, 0.4) is 0 Å². The molecule has 1 aliphatic rings. The molecule has 0 unspecified atom stereocenters. The molecule has 0 atom stereocenters. The molecule has 3 amide bonds. The van der Waals surface area contributed by atoms with Gasteiger partial charge in [-0.2, -0.15) is 0 Å². The first-order chi connectivity index (χ1) is 12.5. The number of anilines is 2. The number of halogens is 2. The zero-order valence-corrected chi connectivity index (χ0v) is 15.5. The van der Waals surface area contributed by atoms with E-state index in [1.54, 1.807) is 42.3 Å². The molecule has 0 aliphatic carbocycles. The van der Waals surface area contributed by atoms with Gasteiger partial charge in [0.05, 0.1) is 22.8 Å². The average Bonchev–Trinajstić information content (AvgIpc) is 2.99. The zero-order valence-electron chi connectivity index (χ0n) is 14.0. The number of ether oxygens (including phenoxy) is 1. The Morgan fingerprint density at radius 3 is 2.58 bits per heavy atom. The first-order valence-corrected chi connectivity index (χ1v) is 8.69. The number of nitrogens with one attached hydrogen (secondary N) is 1. The summed E-state index contributed by atoms with van der Waals surface area (Å²) >= 11 is 12.0. The molecule has 2 aromatic carbocycles. The van der Waals surface area contributed by atoms with E-state index in [9.17, 15) is 9.59 Å². The SMILES string of the molecule is COc1ccc(N2CCN(CC(=O)Nc3cccc(Cl)c3Cl)C2=O)cc1. The van der Waals surface area contributed by atoms with Gasteiger partial charge in [-0.25, -0.2) is 4.79 Å². The van der Waals surface area contributed by atoms with Gasteiger partial charge in [-0.3, -0.25) is 9.69 Å². The van der Waals surface area contributed by atoms with Crippen LogP contribution in [0.4, 0.5) is 16.2 Å². The van der Waals surface area contributed by atoms with Crippen molar-refractivity contribution in [2.24, 2.45) is 0 Å². The lowest BCUT2D eigenvalue weighted by Crippen LogP contribution is -2.37. The van der Waals surface area contributed by atoms with E-state index in [2.05, 4.69) is 5.32 Å². The van der Waals surface area contributed by atoms with E-state index >= 15 is 0 Å². The number of carbonyl (C=O) groups excluding carboxylic acids is 2. The van der Waals surface area contributed by atoms with Crippen molar-refractivity contribution in [3.05, 3.63) is 52.5 Å². The van der Waals surface area contributed by atoms with Crippen LogP contribution in [-0.4, -0.2) is 43.6 Å². The molecule has 1 aliphatic heterocycles. The predicted octanol–water partition coefficient (Wildman–Crippen LogP) is 3.88. The normalized spacial score (nSPS) is 13.9. The Hall–Kier alpha value is -2.44. The fraction of sp³-hybridized carbons (Fsp3) is 0.222. The fourth-order valence-corrected chi connectivity index (χ4v) is 3.04. The van der Waals surface area contributed by atoms with Crippen LogP contribution in [0.1, 0.15) is 0 Å². The second-order valence-electron chi connectivity index (χ2n) is 5.70. The number of urea groups is 1. The minimum atomic E-state index is -0.334. The first kappa shape index (κ1) is 18.4. The highest BCUT2D eigenvalue weighted by molar-refractivity contribution is 6.44. The number of methoxy groups -OCH3 is 1. The van der Waals surface area contributed by atoms with Gasteiger partial charge in [0.2, 0.25) is 5.91 Å². The lowest BCUT2D eigenvalue weighted by atomic mass is 10.3. The van der Waals surface area contributed by atoms with E-state index in [1.807, 2.05) is 12.1 Å². The summed E-state index contributed by atoms with van der Waals surface area (Å²) in [4.78, 5) is 27.9. The van der Waals surface area contributed by atoms with Gasteiger partial charge in [0.1, 0.15) is 12.3 Å². The number of rotatable bonds is 5. The maximum absolute atomic E-state index is 12.6. The van der Waals surface area contributed by atoms with Crippen molar-refractivity contribution in [1.82, 2.24) is 4.90 Å². The van der Waals surface area contributed by atoms with E-state index < -0.39 is 0 Å². The molecule has 3 rings (SSSR count). The summed E-state index contributed by atoms with van der Waals surface area (Å²) in [5.74, 6) is 0.383. The smallest absolute Gasteiger partial charge is 0.325 e. The van der Waals surface area contributed by atoms with Gasteiger partial charge >= 0.3 is 6.03 Å². The van der Waals surface area contributed by atoms with Crippen molar-refractivity contribution in [2.45, 2.75) is 0 Å². The molecule has 0 saturated carbocycles. The molecule has 0 radical (unpaired) electrons. The third kappa shape index (κ3) is 3.86. The minimum Gasteiger partial charge on any atom is -0.497 e. The summed E-state index contributed by atoms with van der Waals surface area (Å²) in [5, 5.41) is 3.31. The maximum atomic E-state index is 12.6. The summed E-state index contributed by atoms with van der Waals surface area (Å²) in [6.07, 6.45) is 0. The van der Waals surface area contributed by atoms with Crippen LogP contribution < -0.4 is 15.0 Å². The average molecular weight is 394 g/mol. The van der Waals surface area contributed by atoms with Crippen molar-refractivity contribution in [3.8, 4) is 5.75 Å². The minimum absolute atomic E-state index is 0.0612. The highest BCUT2D eigenvalue weighted by Crippen LogP contribution is 2.29. The molecule has 1 fully saturated rings. The predicted molar refractivity (Wildman–Crippen MR) is 102 cm³/mol. The van der Waals surface area contributed by atoms with Gasteiger partial charge in [-0.15, -0.1) is 0 Å². The van der Waals surface area contributed by atoms with Crippen LogP contribution in [-0.2, 0) is 4.79 Å². The quantitative estimate of drug-likeness (QED) is 0.837. The van der Waals surface area contributed by atoms with Crippen molar-refractivity contribution in [2.75, 3.05) is 37.0 Å². The lowest BCUT2D eigenvalue weighted by Gasteiger charge is -2.19. The number of carbonyl (C=O) groups is 2. The van der Waals surface area contributed by atoms with Gasteiger partial charge in [-0.1, -0.05) is 29.3 Å². The molecule has 26 heavy (non-hydrogen) atoms. The second kappa shape index (κ2) is 7.85. The second-order valence-corrected chi connectivity index (χ2v) is 6.49. The number of nitrogens with zero attached hydrogens (tertiary/aromatic N) is 2.